The smallest absolute Gasteiger partial charge is 0.130 e. The molecule has 1 aromatic rings. The van der Waals surface area contributed by atoms with Crippen molar-refractivity contribution in [2.75, 3.05) is 0 Å². The van der Waals surface area contributed by atoms with Crippen molar-refractivity contribution in [1.82, 2.24) is 9.78 Å². The van der Waals surface area contributed by atoms with E-state index in [-0.39, 0.29) is 6.10 Å². The first-order chi connectivity index (χ1) is 9.06. The van der Waals surface area contributed by atoms with E-state index in [1.54, 1.807) is 4.68 Å². The number of hydrogen-bond acceptors (Lipinski definition) is 2. The van der Waals surface area contributed by atoms with E-state index in [1.807, 2.05) is 14.0 Å². The molecule has 1 rings (SSSR count). The Labute approximate surface area is 122 Å². The zero-order valence-electron chi connectivity index (χ0n) is 12.5. The van der Waals surface area contributed by atoms with Crippen molar-refractivity contribution in [3.63, 3.8) is 0 Å². The standard InChI is InChI=1S/C15H27ClN2O/c1-4-5-6-7-8-9-10-13(19)11-14-12(2)17-18(3)15(14)16/h13,19H,4-11H2,1-3H3. The molecule has 0 amide bonds. The van der Waals surface area contributed by atoms with Crippen LogP contribution in [-0.4, -0.2) is 21.0 Å². The minimum absolute atomic E-state index is 0.299. The van der Waals surface area contributed by atoms with Gasteiger partial charge >= 0.3 is 0 Å². The Kier molecular flexibility index (Phi) is 7.47. The van der Waals surface area contributed by atoms with Gasteiger partial charge in [-0.3, -0.25) is 4.68 Å². The molecule has 1 heterocycles. The van der Waals surface area contributed by atoms with Crippen LogP contribution in [0, 0.1) is 6.92 Å². The molecule has 0 aliphatic heterocycles. The number of aliphatic hydroxyl groups excluding tert-OH is 1. The topological polar surface area (TPSA) is 38.1 Å². The van der Waals surface area contributed by atoms with Crippen LogP contribution in [0.25, 0.3) is 0 Å². The van der Waals surface area contributed by atoms with Crippen molar-refractivity contribution in [3.05, 3.63) is 16.4 Å². The zero-order chi connectivity index (χ0) is 14.3. The van der Waals surface area contributed by atoms with Gasteiger partial charge in [0.25, 0.3) is 0 Å². The summed E-state index contributed by atoms with van der Waals surface area (Å²) in [5.74, 6) is 0. The van der Waals surface area contributed by atoms with Crippen LogP contribution < -0.4 is 0 Å². The van der Waals surface area contributed by atoms with Crippen molar-refractivity contribution in [2.45, 2.75) is 71.3 Å². The lowest BCUT2D eigenvalue weighted by Crippen LogP contribution is -2.11. The van der Waals surface area contributed by atoms with Gasteiger partial charge in [-0.25, -0.2) is 0 Å². The third kappa shape index (κ3) is 5.53. The Morgan fingerprint density at radius 1 is 1.21 bits per heavy atom. The molecule has 0 aliphatic carbocycles. The fourth-order valence-electron chi connectivity index (χ4n) is 2.40. The highest BCUT2D eigenvalue weighted by Gasteiger charge is 2.15. The molecule has 0 saturated carbocycles. The van der Waals surface area contributed by atoms with Crippen LogP contribution in [0.4, 0.5) is 0 Å². The molecule has 0 spiro atoms. The minimum atomic E-state index is -0.299. The van der Waals surface area contributed by atoms with Crippen LogP contribution in [0.2, 0.25) is 5.15 Å². The maximum absolute atomic E-state index is 10.1. The molecule has 110 valence electrons. The van der Waals surface area contributed by atoms with E-state index >= 15 is 0 Å². The summed E-state index contributed by atoms with van der Waals surface area (Å²) in [6, 6.07) is 0. The summed E-state index contributed by atoms with van der Waals surface area (Å²) in [4.78, 5) is 0. The number of hydrogen-bond donors (Lipinski definition) is 1. The van der Waals surface area contributed by atoms with Gasteiger partial charge in [0.1, 0.15) is 5.15 Å². The lowest BCUT2D eigenvalue weighted by Gasteiger charge is -2.10. The molecule has 0 radical (unpaired) electrons. The van der Waals surface area contributed by atoms with Gasteiger partial charge in [0, 0.05) is 19.0 Å². The third-order valence-corrected chi connectivity index (χ3v) is 4.07. The first-order valence-corrected chi connectivity index (χ1v) is 7.80. The second-order valence-electron chi connectivity index (χ2n) is 5.39. The van der Waals surface area contributed by atoms with Gasteiger partial charge in [-0.2, -0.15) is 5.10 Å². The molecule has 1 atom stereocenters. The number of aromatic nitrogens is 2. The van der Waals surface area contributed by atoms with Crippen molar-refractivity contribution < 1.29 is 5.11 Å². The average molecular weight is 287 g/mol. The molecule has 0 bridgehead atoms. The normalized spacial score (nSPS) is 12.9. The molecule has 0 aromatic carbocycles. The van der Waals surface area contributed by atoms with Crippen LogP contribution in [0.1, 0.15) is 63.1 Å². The van der Waals surface area contributed by atoms with Gasteiger partial charge in [0.15, 0.2) is 0 Å². The van der Waals surface area contributed by atoms with Crippen molar-refractivity contribution >= 4 is 11.6 Å². The van der Waals surface area contributed by atoms with Crippen LogP contribution in [0.3, 0.4) is 0 Å². The summed E-state index contributed by atoms with van der Waals surface area (Å²) in [5, 5.41) is 15.0. The predicted octanol–water partition coefficient (Wildman–Crippen LogP) is 4.04. The largest absolute Gasteiger partial charge is 0.393 e. The Morgan fingerprint density at radius 3 is 2.42 bits per heavy atom. The second-order valence-corrected chi connectivity index (χ2v) is 5.75. The summed E-state index contributed by atoms with van der Waals surface area (Å²) in [6.45, 7) is 4.17. The maximum Gasteiger partial charge on any atom is 0.130 e. The van der Waals surface area contributed by atoms with E-state index in [0.29, 0.717) is 11.6 Å². The first-order valence-electron chi connectivity index (χ1n) is 7.42. The van der Waals surface area contributed by atoms with E-state index in [9.17, 15) is 5.11 Å². The van der Waals surface area contributed by atoms with E-state index < -0.39 is 0 Å². The maximum atomic E-state index is 10.1. The number of rotatable bonds is 9. The van der Waals surface area contributed by atoms with Gasteiger partial charge < -0.3 is 5.11 Å². The number of aliphatic hydroxyl groups is 1. The first kappa shape index (κ1) is 16.5. The van der Waals surface area contributed by atoms with E-state index in [1.165, 1.54) is 32.1 Å². The molecule has 4 heteroatoms. The SMILES string of the molecule is CCCCCCCCC(O)Cc1c(C)nn(C)c1Cl. The monoisotopic (exact) mass is 286 g/mol. The van der Waals surface area contributed by atoms with Crippen LogP contribution in [0.5, 0.6) is 0 Å². The second kappa shape index (κ2) is 8.60. The highest BCUT2D eigenvalue weighted by molar-refractivity contribution is 6.30. The van der Waals surface area contributed by atoms with Gasteiger partial charge in [-0.1, -0.05) is 57.0 Å². The lowest BCUT2D eigenvalue weighted by molar-refractivity contribution is 0.160. The Bertz CT molecular complexity index is 376. The summed E-state index contributed by atoms with van der Waals surface area (Å²) in [5.41, 5.74) is 1.91. The molecule has 1 aromatic heterocycles. The van der Waals surface area contributed by atoms with Crippen LogP contribution in [-0.2, 0) is 13.5 Å². The van der Waals surface area contributed by atoms with Crippen molar-refractivity contribution in [2.24, 2.45) is 7.05 Å². The lowest BCUT2D eigenvalue weighted by atomic mass is 10.0. The summed E-state index contributed by atoms with van der Waals surface area (Å²) in [7, 11) is 1.83. The minimum Gasteiger partial charge on any atom is -0.393 e. The molecule has 3 nitrogen and oxygen atoms in total. The summed E-state index contributed by atoms with van der Waals surface area (Å²) in [6.07, 6.45) is 8.71. The van der Waals surface area contributed by atoms with Gasteiger partial charge in [0.05, 0.1) is 11.8 Å². The predicted molar refractivity (Wildman–Crippen MR) is 80.7 cm³/mol. The fraction of sp³-hybridized carbons (Fsp3) is 0.800. The molecule has 19 heavy (non-hydrogen) atoms. The van der Waals surface area contributed by atoms with Gasteiger partial charge in [0.2, 0.25) is 0 Å². The highest BCUT2D eigenvalue weighted by atomic mass is 35.5. The third-order valence-electron chi connectivity index (χ3n) is 3.60. The van der Waals surface area contributed by atoms with E-state index in [2.05, 4.69) is 12.0 Å². The fourth-order valence-corrected chi connectivity index (χ4v) is 2.66. The zero-order valence-corrected chi connectivity index (χ0v) is 13.2. The summed E-state index contributed by atoms with van der Waals surface area (Å²) < 4.78 is 1.67. The molecule has 1 N–H and O–H groups in total. The molecule has 0 fully saturated rings. The van der Waals surface area contributed by atoms with Crippen molar-refractivity contribution in [3.8, 4) is 0 Å². The molecular formula is C15H27ClN2O. The quantitative estimate of drug-likeness (QED) is 0.696. The van der Waals surface area contributed by atoms with Gasteiger partial charge in [-0.15, -0.1) is 0 Å². The molecule has 1 unspecified atom stereocenters. The molecular weight excluding hydrogens is 260 g/mol. The number of nitrogens with zero attached hydrogens (tertiary/aromatic N) is 2. The molecule has 0 aliphatic rings. The van der Waals surface area contributed by atoms with Crippen LogP contribution >= 0.6 is 11.6 Å². The van der Waals surface area contributed by atoms with Crippen molar-refractivity contribution in [1.29, 1.82) is 0 Å². The molecule has 0 saturated heterocycles. The summed E-state index contributed by atoms with van der Waals surface area (Å²) >= 11 is 6.17. The number of aryl methyl sites for hydroxylation is 2. The van der Waals surface area contributed by atoms with E-state index in [0.717, 1.165) is 24.1 Å². The Balaban J connectivity index is 2.25. The van der Waals surface area contributed by atoms with Crippen LogP contribution in [0.15, 0.2) is 0 Å². The Hall–Kier alpha value is -0.540. The number of unbranched alkanes of at least 4 members (excludes halogenated alkanes) is 5. The highest BCUT2D eigenvalue weighted by Crippen LogP contribution is 2.21. The average Bonchev–Trinajstić information content (AvgIpc) is 2.60. The Morgan fingerprint density at radius 2 is 1.84 bits per heavy atom. The van der Waals surface area contributed by atoms with E-state index in [4.69, 9.17) is 11.6 Å². The number of halogens is 1. The van der Waals surface area contributed by atoms with Gasteiger partial charge in [-0.05, 0) is 13.3 Å².